The van der Waals surface area contributed by atoms with Crippen LogP contribution in [-0.4, -0.2) is 60.2 Å². The summed E-state index contributed by atoms with van der Waals surface area (Å²) in [6, 6.07) is 0. The first-order valence-corrected chi connectivity index (χ1v) is 7.47. The second-order valence-electron chi connectivity index (χ2n) is 6.51. The molecule has 0 saturated carbocycles. The third kappa shape index (κ3) is 4.03. The minimum Gasteiger partial charge on any atom is -0.461 e. The molecule has 0 saturated heterocycles. The Labute approximate surface area is 165 Å². The highest BCUT2D eigenvalue weighted by Crippen LogP contribution is 2.63. The first-order chi connectivity index (χ1) is 13.6. The van der Waals surface area contributed by atoms with E-state index in [1.165, 1.54) is 0 Å². The van der Waals surface area contributed by atoms with Crippen molar-refractivity contribution >= 4 is 5.97 Å². The maximum atomic E-state index is 13.4. The number of halogens is 17. The predicted molar refractivity (Wildman–Crippen MR) is 66.5 cm³/mol. The summed E-state index contributed by atoms with van der Waals surface area (Å²) >= 11 is 0. The van der Waals surface area contributed by atoms with Crippen LogP contribution >= 0.6 is 0 Å². The highest BCUT2D eigenvalue weighted by atomic mass is 19.4. The van der Waals surface area contributed by atoms with Gasteiger partial charge in [0.15, 0.2) is 0 Å². The minimum atomic E-state index is -8.73. The van der Waals surface area contributed by atoms with E-state index in [1.807, 2.05) is 0 Å². The third-order valence-corrected chi connectivity index (χ3v) is 3.53. The molecule has 0 amide bonds. The molecule has 19 heteroatoms. The summed E-state index contributed by atoms with van der Waals surface area (Å²) in [5.41, 5.74) is 0. The maximum Gasteiger partial charge on any atom is 0.460 e. The first kappa shape index (κ1) is 30.3. The minimum absolute atomic E-state index is 0.988. The lowest BCUT2D eigenvalue weighted by Gasteiger charge is -2.42. The zero-order valence-corrected chi connectivity index (χ0v) is 15.0. The lowest BCUT2D eigenvalue weighted by atomic mass is 9.89. The van der Waals surface area contributed by atoms with E-state index in [9.17, 15) is 79.4 Å². The molecule has 0 spiro atoms. The molecular weight excluding hydrogens is 511 g/mol. The number of alkyl halides is 17. The van der Waals surface area contributed by atoms with Gasteiger partial charge in [-0.2, -0.15) is 74.6 Å². The molecule has 0 N–H and O–H groups in total. The topological polar surface area (TPSA) is 26.3 Å². The number of rotatable bonds is 9. The molecule has 0 unspecified atom stereocenters. The average Bonchev–Trinajstić information content (AvgIpc) is 2.57. The average molecular weight is 520 g/mol. The Bertz CT molecular complexity index is 691. The van der Waals surface area contributed by atoms with Crippen LogP contribution in [0.1, 0.15) is 13.8 Å². The third-order valence-electron chi connectivity index (χ3n) is 3.53. The van der Waals surface area contributed by atoms with Gasteiger partial charge in [-0.15, -0.1) is 0 Å². The van der Waals surface area contributed by atoms with Crippen LogP contribution in [0.15, 0.2) is 0 Å². The molecule has 0 aliphatic carbocycles. The monoisotopic (exact) mass is 520 g/mol. The molecule has 32 heavy (non-hydrogen) atoms. The molecular formula is C13H9F17O2. The zero-order valence-electron chi connectivity index (χ0n) is 15.0. The lowest BCUT2D eigenvalue weighted by molar-refractivity contribution is -0.460. The van der Waals surface area contributed by atoms with Crippen LogP contribution in [0.4, 0.5) is 74.6 Å². The van der Waals surface area contributed by atoms with Gasteiger partial charge in [0.25, 0.3) is 0 Å². The van der Waals surface area contributed by atoms with Gasteiger partial charge in [0, 0.05) is 0 Å². The SMILES string of the molecule is CC(C)COC(=O)C(F)(F)C(F)(F)C(F)(F)C(F)(F)C(F)(F)C(F)(F)C(F)(F)C(F)(F)F. The van der Waals surface area contributed by atoms with Crippen LogP contribution in [0.5, 0.6) is 0 Å². The van der Waals surface area contributed by atoms with Crippen molar-refractivity contribution < 1.29 is 84.2 Å². The van der Waals surface area contributed by atoms with E-state index in [4.69, 9.17) is 0 Å². The first-order valence-electron chi connectivity index (χ1n) is 7.47. The molecule has 0 rings (SSSR count). The van der Waals surface area contributed by atoms with Crippen molar-refractivity contribution in [2.45, 2.75) is 61.5 Å². The van der Waals surface area contributed by atoms with Crippen LogP contribution in [0.25, 0.3) is 0 Å². The highest BCUT2D eigenvalue weighted by molar-refractivity contribution is 5.79. The van der Waals surface area contributed by atoms with E-state index in [-0.39, 0.29) is 0 Å². The van der Waals surface area contributed by atoms with E-state index in [0.29, 0.717) is 0 Å². The Morgan fingerprint density at radius 1 is 0.562 bits per heavy atom. The number of esters is 1. The Morgan fingerprint density at radius 3 is 1.12 bits per heavy atom. The van der Waals surface area contributed by atoms with Crippen molar-refractivity contribution in [2.24, 2.45) is 5.92 Å². The number of ether oxygens (including phenoxy) is 1. The molecule has 0 bridgehead atoms. The summed E-state index contributed by atoms with van der Waals surface area (Å²) in [5, 5.41) is 0. The quantitative estimate of drug-likeness (QED) is 0.268. The summed E-state index contributed by atoms with van der Waals surface area (Å²) in [7, 11) is 0. The van der Waals surface area contributed by atoms with E-state index in [2.05, 4.69) is 4.74 Å². The summed E-state index contributed by atoms with van der Waals surface area (Å²) in [6.45, 7) is 0.810. The van der Waals surface area contributed by atoms with E-state index >= 15 is 0 Å². The molecule has 0 heterocycles. The van der Waals surface area contributed by atoms with E-state index < -0.39 is 66.1 Å². The van der Waals surface area contributed by atoms with E-state index in [0.717, 1.165) is 13.8 Å². The Morgan fingerprint density at radius 2 is 0.844 bits per heavy atom. The van der Waals surface area contributed by atoms with Crippen molar-refractivity contribution in [3.05, 3.63) is 0 Å². The molecule has 0 aromatic carbocycles. The Balaban J connectivity index is 6.62. The Hall–Kier alpha value is -1.72. The van der Waals surface area contributed by atoms with Crippen molar-refractivity contribution in [3.63, 3.8) is 0 Å². The van der Waals surface area contributed by atoms with Gasteiger partial charge >= 0.3 is 53.6 Å². The molecule has 0 radical (unpaired) electrons. The van der Waals surface area contributed by atoms with Crippen molar-refractivity contribution in [2.75, 3.05) is 6.61 Å². The van der Waals surface area contributed by atoms with Gasteiger partial charge < -0.3 is 4.74 Å². The van der Waals surface area contributed by atoms with Crippen LogP contribution < -0.4 is 0 Å². The van der Waals surface area contributed by atoms with Crippen LogP contribution in [0.2, 0.25) is 0 Å². The predicted octanol–water partition coefficient (Wildman–Crippen LogP) is 6.20. The van der Waals surface area contributed by atoms with Crippen molar-refractivity contribution in [3.8, 4) is 0 Å². The molecule has 0 fully saturated rings. The molecule has 192 valence electrons. The number of hydrogen-bond acceptors (Lipinski definition) is 2. The lowest BCUT2D eigenvalue weighted by Crippen LogP contribution is -2.75. The van der Waals surface area contributed by atoms with Crippen LogP contribution in [0.3, 0.4) is 0 Å². The van der Waals surface area contributed by atoms with Gasteiger partial charge in [0.2, 0.25) is 0 Å². The largest absolute Gasteiger partial charge is 0.461 e. The zero-order chi connectivity index (χ0) is 26.6. The number of carbonyl (C=O) groups is 1. The fourth-order valence-corrected chi connectivity index (χ4v) is 1.63. The fraction of sp³-hybridized carbons (Fsp3) is 0.923. The molecule has 0 aromatic heterocycles. The van der Waals surface area contributed by atoms with Gasteiger partial charge in [-0.05, 0) is 5.92 Å². The standard InChI is InChI=1S/C13H9F17O2/c1-4(2)3-32-5(31)6(14,15)7(16,17)8(18,19)9(20,21)10(22,23)11(24,25)12(26,27)13(28,29)30/h4H,3H2,1-2H3. The van der Waals surface area contributed by atoms with Gasteiger partial charge in [0.05, 0.1) is 6.61 Å². The molecule has 0 aromatic rings. The molecule has 0 aliphatic heterocycles. The number of carbonyl (C=O) groups excluding carboxylic acids is 1. The van der Waals surface area contributed by atoms with Gasteiger partial charge in [-0.25, -0.2) is 4.79 Å². The molecule has 0 aliphatic rings. The smallest absolute Gasteiger partial charge is 0.460 e. The summed E-state index contributed by atoms with van der Waals surface area (Å²) < 4.78 is 224. The summed E-state index contributed by atoms with van der Waals surface area (Å²) in [5.74, 6) is -62.8. The molecule has 0 atom stereocenters. The van der Waals surface area contributed by atoms with Crippen LogP contribution in [0, 0.1) is 5.92 Å². The molecule has 2 nitrogen and oxygen atoms in total. The second-order valence-corrected chi connectivity index (χ2v) is 6.51. The number of hydrogen-bond donors (Lipinski definition) is 0. The van der Waals surface area contributed by atoms with Gasteiger partial charge in [-0.3, -0.25) is 0 Å². The summed E-state index contributed by atoms with van der Waals surface area (Å²) in [6.07, 6.45) is -7.82. The van der Waals surface area contributed by atoms with Crippen LogP contribution in [-0.2, 0) is 9.53 Å². The second kappa shape index (κ2) is 7.95. The normalized spacial score (nSPS) is 15.9. The van der Waals surface area contributed by atoms with Gasteiger partial charge in [0.1, 0.15) is 0 Å². The highest BCUT2D eigenvalue weighted by Gasteiger charge is 2.95. The van der Waals surface area contributed by atoms with Crippen molar-refractivity contribution in [1.82, 2.24) is 0 Å². The summed E-state index contributed by atoms with van der Waals surface area (Å²) in [4.78, 5) is 10.9. The maximum absolute atomic E-state index is 13.4. The fourth-order valence-electron chi connectivity index (χ4n) is 1.63. The van der Waals surface area contributed by atoms with Gasteiger partial charge in [-0.1, -0.05) is 13.8 Å². The van der Waals surface area contributed by atoms with E-state index in [1.54, 1.807) is 0 Å². The Kier molecular flexibility index (Phi) is 7.52. The van der Waals surface area contributed by atoms with Crippen molar-refractivity contribution in [1.29, 1.82) is 0 Å².